The van der Waals surface area contributed by atoms with E-state index in [0.29, 0.717) is 12.6 Å². The molecule has 1 unspecified atom stereocenters. The Labute approximate surface area is 82.9 Å². The number of aromatic nitrogens is 2. The van der Waals surface area contributed by atoms with Gasteiger partial charge in [-0.3, -0.25) is 5.43 Å². The lowest BCUT2D eigenvalue weighted by molar-refractivity contribution is 0.190. The Morgan fingerprint density at radius 2 is 2.43 bits per heavy atom. The van der Waals surface area contributed by atoms with Crippen molar-refractivity contribution in [3.8, 4) is 0 Å². The molecule has 0 fully saturated rings. The number of anilines is 2. The van der Waals surface area contributed by atoms with Crippen LogP contribution in [-0.2, 0) is 4.74 Å². The van der Waals surface area contributed by atoms with Gasteiger partial charge in [-0.15, -0.1) is 0 Å². The summed E-state index contributed by atoms with van der Waals surface area (Å²) in [6.45, 7) is 2.62. The van der Waals surface area contributed by atoms with E-state index in [9.17, 15) is 0 Å². The minimum atomic E-state index is 0.195. The number of hydrogen-bond donors (Lipinski definition) is 3. The normalized spacial score (nSPS) is 12.2. The highest BCUT2D eigenvalue weighted by Crippen LogP contribution is 2.05. The molecule has 0 saturated carbocycles. The zero-order chi connectivity index (χ0) is 10.4. The van der Waals surface area contributed by atoms with E-state index in [1.807, 2.05) is 6.92 Å². The summed E-state index contributed by atoms with van der Waals surface area (Å²) in [6, 6.07) is 1.97. The summed E-state index contributed by atoms with van der Waals surface area (Å²) in [5.41, 5.74) is 2.38. The van der Waals surface area contributed by atoms with Crippen LogP contribution in [0.25, 0.3) is 0 Å². The Morgan fingerprint density at radius 1 is 1.64 bits per heavy atom. The molecule has 0 aliphatic heterocycles. The van der Waals surface area contributed by atoms with E-state index in [1.165, 1.54) is 0 Å². The Hall–Kier alpha value is -1.40. The first-order chi connectivity index (χ1) is 6.76. The number of nitrogens with one attached hydrogen (secondary N) is 2. The maximum absolute atomic E-state index is 5.18. The third-order valence-corrected chi connectivity index (χ3v) is 1.60. The van der Waals surface area contributed by atoms with Gasteiger partial charge in [-0.05, 0) is 13.0 Å². The molecule has 0 saturated heterocycles. The van der Waals surface area contributed by atoms with Crippen LogP contribution in [0.15, 0.2) is 12.3 Å². The molecule has 1 heterocycles. The van der Waals surface area contributed by atoms with Gasteiger partial charge in [-0.25, -0.2) is 10.8 Å². The maximum atomic E-state index is 5.18. The fraction of sp³-hybridized carbons (Fsp3) is 0.500. The predicted molar refractivity (Wildman–Crippen MR) is 54.8 cm³/mol. The molecule has 0 aliphatic carbocycles. The topological polar surface area (TPSA) is 85.1 Å². The summed E-state index contributed by atoms with van der Waals surface area (Å²) in [5, 5.41) is 3.15. The van der Waals surface area contributed by atoms with Gasteiger partial charge >= 0.3 is 0 Å². The molecule has 14 heavy (non-hydrogen) atoms. The molecule has 78 valence electrons. The second-order valence-electron chi connectivity index (χ2n) is 2.91. The first-order valence-corrected chi connectivity index (χ1v) is 4.31. The smallest absolute Gasteiger partial charge is 0.239 e. The van der Waals surface area contributed by atoms with Crippen molar-refractivity contribution in [3.05, 3.63) is 12.3 Å². The van der Waals surface area contributed by atoms with Crippen LogP contribution in [0.2, 0.25) is 0 Å². The maximum Gasteiger partial charge on any atom is 0.239 e. The lowest BCUT2D eigenvalue weighted by Gasteiger charge is -2.13. The van der Waals surface area contributed by atoms with E-state index in [-0.39, 0.29) is 6.04 Å². The summed E-state index contributed by atoms with van der Waals surface area (Å²) >= 11 is 0. The molecular formula is C8H15N5O. The average molecular weight is 197 g/mol. The van der Waals surface area contributed by atoms with Crippen LogP contribution in [0.4, 0.5) is 11.8 Å². The van der Waals surface area contributed by atoms with Crippen LogP contribution in [0.1, 0.15) is 6.92 Å². The Bertz CT molecular complexity index is 280. The molecule has 6 heteroatoms. The highest BCUT2D eigenvalue weighted by molar-refractivity contribution is 5.39. The van der Waals surface area contributed by atoms with E-state index in [2.05, 4.69) is 20.7 Å². The van der Waals surface area contributed by atoms with Gasteiger partial charge < -0.3 is 10.1 Å². The van der Waals surface area contributed by atoms with E-state index in [4.69, 9.17) is 10.6 Å². The van der Waals surface area contributed by atoms with Crippen molar-refractivity contribution < 1.29 is 4.74 Å². The van der Waals surface area contributed by atoms with E-state index in [1.54, 1.807) is 19.4 Å². The number of ether oxygens (including phenoxy) is 1. The number of nitrogens with zero attached hydrogens (tertiary/aromatic N) is 2. The molecule has 1 aromatic rings. The summed E-state index contributed by atoms with van der Waals surface area (Å²) in [6.07, 6.45) is 1.63. The van der Waals surface area contributed by atoms with E-state index < -0.39 is 0 Å². The molecule has 0 spiro atoms. The molecule has 0 amide bonds. The lowest BCUT2D eigenvalue weighted by Crippen LogP contribution is -2.22. The number of nitrogen functional groups attached to an aromatic ring is 1. The molecule has 0 radical (unpaired) electrons. The first kappa shape index (κ1) is 10.7. The fourth-order valence-electron chi connectivity index (χ4n) is 1.05. The van der Waals surface area contributed by atoms with Crippen LogP contribution in [0.3, 0.4) is 0 Å². The molecule has 0 aromatic carbocycles. The predicted octanol–water partition coefficient (Wildman–Crippen LogP) is 0.209. The monoisotopic (exact) mass is 197 g/mol. The minimum absolute atomic E-state index is 0.195. The van der Waals surface area contributed by atoms with Crippen LogP contribution >= 0.6 is 0 Å². The number of nitrogens with two attached hydrogens (primary N) is 1. The molecule has 1 aromatic heterocycles. The fourth-order valence-corrected chi connectivity index (χ4v) is 1.05. The van der Waals surface area contributed by atoms with Gasteiger partial charge in [0.25, 0.3) is 0 Å². The number of rotatable bonds is 5. The minimum Gasteiger partial charge on any atom is -0.383 e. The van der Waals surface area contributed by atoms with Crippen molar-refractivity contribution in [2.45, 2.75) is 13.0 Å². The third kappa shape index (κ3) is 3.15. The van der Waals surface area contributed by atoms with Crippen LogP contribution in [0.5, 0.6) is 0 Å². The van der Waals surface area contributed by atoms with Crippen molar-refractivity contribution >= 4 is 11.8 Å². The van der Waals surface area contributed by atoms with E-state index >= 15 is 0 Å². The van der Waals surface area contributed by atoms with Gasteiger partial charge in [0, 0.05) is 19.3 Å². The van der Waals surface area contributed by atoms with Crippen molar-refractivity contribution in [3.63, 3.8) is 0 Å². The first-order valence-electron chi connectivity index (χ1n) is 4.31. The SMILES string of the molecule is COCC(C)Nc1ccnc(NN)n1. The standard InChI is InChI=1S/C8H15N5O/c1-6(5-14-2)11-7-3-4-10-8(12-7)13-9/h3-4,6H,5,9H2,1-2H3,(H2,10,11,12,13). The second kappa shape index (κ2) is 5.36. The van der Waals surface area contributed by atoms with Crippen molar-refractivity contribution in [2.24, 2.45) is 5.84 Å². The van der Waals surface area contributed by atoms with Gasteiger partial charge in [0.1, 0.15) is 5.82 Å². The summed E-state index contributed by atoms with van der Waals surface area (Å²) in [7, 11) is 1.66. The van der Waals surface area contributed by atoms with Gasteiger partial charge in [0.2, 0.25) is 5.95 Å². The van der Waals surface area contributed by atoms with Gasteiger partial charge in [-0.1, -0.05) is 0 Å². The van der Waals surface area contributed by atoms with E-state index in [0.717, 1.165) is 5.82 Å². The number of methoxy groups -OCH3 is 1. The molecule has 1 atom stereocenters. The van der Waals surface area contributed by atoms with Crippen LogP contribution < -0.4 is 16.6 Å². The molecule has 0 aliphatic rings. The van der Waals surface area contributed by atoms with Gasteiger partial charge in [0.05, 0.1) is 6.61 Å². The highest BCUT2D eigenvalue weighted by Gasteiger charge is 2.02. The van der Waals surface area contributed by atoms with Crippen molar-refractivity contribution in [2.75, 3.05) is 24.5 Å². The zero-order valence-electron chi connectivity index (χ0n) is 8.32. The van der Waals surface area contributed by atoms with Gasteiger partial charge in [0.15, 0.2) is 0 Å². The molecule has 4 N–H and O–H groups in total. The van der Waals surface area contributed by atoms with Crippen LogP contribution in [-0.4, -0.2) is 29.7 Å². The number of hydrazine groups is 1. The highest BCUT2D eigenvalue weighted by atomic mass is 16.5. The molecule has 0 bridgehead atoms. The summed E-state index contributed by atoms with van der Waals surface area (Å²) in [5.74, 6) is 6.29. The molecule has 1 rings (SSSR count). The molecular weight excluding hydrogens is 182 g/mol. The Kier molecular flexibility index (Phi) is 4.09. The zero-order valence-corrected chi connectivity index (χ0v) is 8.32. The lowest BCUT2D eigenvalue weighted by atomic mass is 10.3. The summed E-state index contributed by atoms with van der Waals surface area (Å²) < 4.78 is 4.99. The largest absolute Gasteiger partial charge is 0.383 e. The molecule has 6 nitrogen and oxygen atoms in total. The third-order valence-electron chi connectivity index (χ3n) is 1.60. The van der Waals surface area contributed by atoms with Gasteiger partial charge in [-0.2, -0.15) is 4.98 Å². The van der Waals surface area contributed by atoms with Crippen molar-refractivity contribution in [1.29, 1.82) is 0 Å². The average Bonchev–Trinajstić information content (AvgIpc) is 2.18. The Morgan fingerprint density at radius 3 is 3.07 bits per heavy atom. The van der Waals surface area contributed by atoms with Crippen molar-refractivity contribution in [1.82, 2.24) is 9.97 Å². The number of hydrogen-bond acceptors (Lipinski definition) is 6. The summed E-state index contributed by atoms with van der Waals surface area (Å²) in [4.78, 5) is 7.99. The van der Waals surface area contributed by atoms with Crippen LogP contribution in [0, 0.1) is 0 Å². The quantitative estimate of drug-likeness (QED) is 0.462. The Balaban J connectivity index is 2.57. The second-order valence-corrected chi connectivity index (χ2v) is 2.91.